The molecule has 2 rings (SSSR count). The van der Waals surface area contributed by atoms with E-state index < -0.39 is 0 Å². The van der Waals surface area contributed by atoms with Crippen LogP contribution in [0.25, 0.3) is 0 Å². The monoisotopic (exact) mass is 231 g/mol. The minimum Gasteiger partial charge on any atom is -0.465 e. The highest BCUT2D eigenvalue weighted by Crippen LogP contribution is 2.32. The van der Waals surface area contributed by atoms with Gasteiger partial charge >= 0.3 is 5.95 Å². The summed E-state index contributed by atoms with van der Waals surface area (Å²) in [5.74, 6) is 0.278. The van der Waals surface area contributed by atoms with E-state index in [4.69, 9.17) is 9.26 Å². The fraction of sp³-hybridized carbons (Fsp3) is 0.250. The van der Waals surface area contributed by atoms with Crippen LogP contribution < -0.4 is 4.74 Å². The van der Waals surface area contributed by atoms with Crippen LogP contribution in [0.3, 0.4) is 0 Å². The molecular formula is C12H13N3O2. The summed E-state index contributed by atoms with van der Waals surface area (Å²) in [5, 5.41) is 12.0. The van der Waals surface area contributed by atoms with Crippen molar-refractivity contribution in [3.63, 3.8) is 0 Å². The van der Waals surface area contributed by atoms with Gasteiger partial charge < -0.3 is 9.26 Å². The number of rotatable bonds is 3. The van der Waals surface area contributed by atoms with Gasteiger partial charge in [-0.15, -0.1) is 10.2 Å². The van der Waals surface area contributed by atoms with Crippen LogP contribution in [-0.2, 0) is 0 Å². The van der Waals surface area contributed by atoms with E-state index in [0.29, 0.717) is 11.4 Å². The summed E-state index contributed by atoms with van der Waals surface area (Å²) < 4.78 is 9.94. The minimum absolute atomic E-state index is 0.278. The van der Waals surface area contributed by atoms with E-state index in [1.165, 1.54) is 7.11 Å². The normalized spacial score (nSPS) is 11.0. The zero-order valence-electron chi connectivity index (χ0n) is 9.97. The maximum absolute atomic E-state index is 5.00. The number of methoxy groups -OCH3 is 1. The lowest BCUT2D eigenvalue weighted by Crippen LogP contribution is -1.78. The summed E-state index contributed by atoms with van der Waals surface area (Å²) in [6.45, 7) is 3.77. The van der Waals surface area contributed by atoms with Crippen LogP contribution in [0.4, 0.5) is 11.4 Å². The Morgan fingerprint density at radius 3 is 2.65 bits per heavy atom. The molecule has 0 radical (unpaired) electrons. The predicted octanol–water partition coefficient (Wildman–Crippen LogP) is 3.72. The lowest BCUT2D eigenvalue weighted by atomic mass is 10.2. The lowest BCUT2D eigenvalue weighted by Gasteiger charge is -1.97. The molecule has 1 aromatic carbocycles. The Hall–Kier alpha value is -2.17. The second-order valence-electron chi connectivity index (χ2n) is 3.59. The Bertz CT molecular complexity index is 546. The Balaban J connectivity index is 2.32. The molecule has 1 aromatic heterocycles. The van der Waals surface area contributed by atoms with Gasteiger partial charge in [-0.05, 0) is 25.5 Å². The van der Waals surface area contributed by atoms with Crippen LogP contribution in [0.2, 0.25) is 0 Å². The van der Waals surface area contributed by atoms with Crippen molar-refractivity contribution < 1.29 is 9.26 Å². The SMILES string of the molecule is COc1onc(C)c1N=Nc1ccccc1C. The van der Waals surface area contributed by atoms with Crippen molar-refractivity contribution in [3.8, 4) is 5.95 Å². The smallest absolute Gasteiger partial charge is 0.339 e. The third-order valence-corrected chi connectivity index (χ3v) is 2.36. The molecule has 0 unspecified atom stereocenters. The van der Waals surface area contributed by atoms with Gasteiger partial charge in [0.1, 0.15) is 5.69 Å². The molecule has 0 spiro atoms. The summed E-state index contributed by atoms with van der Waals surface area (Å²) in [4.78, 5) is 0. The number of ether oxygens (including phenoxy) is 1. The average molecular weight is 231 g/mol. The molecule has 88 valence electrons. The van der Waals surface area contributed by atoms with Gasteiger partial charge in [0.05, 0.1) is 12.8 Å². The fourth-order valence-electron chi connectivity index (χ4n) is 1.37. The van der Waals surface area contributed by atoms with Gasteiger partial charge in [-0.1, -0.05) is 23.4 Å². The molecule has 0 aliphatic carbocycles. The number of aryl methyl sites for hydroxylation is 2. The largest absolute Gasteiger partial charge is 0.465 e. The summed E-state index contributed by atoms with van der Waals surface area (Å²) in [6.07, 6.45) is 0. The summed E-state index contributed by atoms with van der Waals surface area (Å²) in [5.41, 5.74) is 3.05. The molecule has 0 N–H and O–H groups in total. The van der Waals surface area contributed by atoms with Crippen LogP contribution in [0.5, 0.6) is 5.95 Å². The van der Waals surface area contributed by atoms with Crippen molar-refractivity contribution in [1.29, 1.82) is 0 Å². The molecule has 0 fully saturated rings. The Morgan fingerprint density at radius 2 is 1.94 bits per heavy atom. The third kappa shape index (κ3) is 2.33. The van der Waals surface area contributed by atoms with E-state index in [-0.39, 0.29) is 5.95 Å². The third-order valence-electron chi connectivity index (χ3n) is 2.36. The van der Waals surface area contributed by atoms with E-state index in [1.807, 2.05) is 31.2 Å². The van der Waals surface area contributed by atoms with E-state index in [9.17, 15) is 0 Å². The highest BCUT2D eigenvalue weighted by Gasteiger charge is 2.12. The molecule has 0 amide bonds. The molecule has 0 aliphatic heterocycles. The van der Waals surface area contributed by atoms with Gasteiger partial charge in [-0.2, -0.15) is 0 Å². The first kappa shape index (κ1) is 11.3. The van der Waals surface area contributed by atoms with Crippen LogP contribution in [0, 0.1) is 13.8 Å². The van der Waals surface area contributed by atoms with Crippen LogP contribution >= 0.6 is 0 Å². The molecule has 5 nitrogen and oxygen atoms in total. The van der Waals surface area contributed by atoms with E-state index in [2.05, 4.69) is 15.4 Å². The van der Waals surface area contributed by atoms with E-state index in [1.54, 1.807) is 6.92 Å². The number of azo groups is 1. The van der Waals surface area contributed by atoms with Gasteiger partial charge in [0.2, 0.25) is 0 Å². The highest BCUT2D eigenvalue weighted by molar-refractivity contribution is 5.50. The standard InChI is InChI=1S/C12H13N3O2/c1-8-6-4-5-7-10(8)13-14-11-9(2)15-17-12(11)16-3/h4-7H,1-3H3. The predicted molar refractivity (Wildman–Crippen MR) is 63.1 cm³/mol. The number of nitrogens with zero attached hydrogens (tertiary/aromatic N) is 3. The summed E-state index contributed by atoms with van der Waals surface area (Å²) in [6, 6.07) is 7.75. The van der Waals surface area contributed by atoms with Gasteiger partial charge in [-0.3, -0.25) is 0 Å². The molecule has 0 saturated heterocycles. The van der Waals surface area contributed by atoms with E-state index >= 15 is 0 Å². The molecule has 0 aliphatic rings. The maximum Gasteiger partial charge on any atom is 0.339 e. The molecule has 1 heterocycles. The molecule has 0 atom stereocenters. The average Bonchev–Trinajstić information content (AvgIpc) is 2.69. The number of hydrogen-bond acceptors (Lipinski definition) is 5. The summed E-state index contributed by atoms with van der Waals surface area (Å²) >= 11 is 0. The molecule has 17 heavy (non-hydrogen) atoms. The first-order chi connectivity index (χ1) is 8.22. The van der Waals surface area contributed by atoms with Crippen LogP contribution in [0.15, 0.2) is 39.0 Å². The molecule has 2 aromatic rings. The highest BCUT2D eigenvalue weighted by atomic mass is 16.6. The summed E-state index contributed by atoms with van der Waals surface area (Å²) in [7, 11) is 1.51. The Morgan fingerprint density at radius 1 is 1.18 bits per heavy atom. The number of benzene rings is 1. The van der Waals surface area contributed by atoms with Gasteiger partial charge in [0, 0.05) is 0 Å². The minimum atomic E-state index is 0.278. The Labute approximate surface area is 99.1 Å². The number of hydrogen-bond donors (Lipinski definition) is 0. The van der Waals surface area contributed by atoms with Crippen LogP contribution in [-0.4, -0.2) is 12.3 Å². The second-order valence-corrected chi connectivity index (χ2v) is 3.59. The topological polar surface area (TPSA) is 60.0 Å². The lowest BCUT2D eigenvalue weighted by molar-refractivity contribution is 0.260. The molecule has 5 heteroatoms. The number of aromatic nitrogens is 1. The maximum atomic E-state index is 5.00. The zero-order chi connectivity index (χ0) is 12.3. The fourth-order valence-corrected chi connectivity index (χ4v) is 1.37. The zero-order valence-corrected chi connectivity index (χ0v) is 9.97. The Kier molecular flexibility index (Phi) is 3.18. The van der Waals surface area contributed by atoms with Crippen molar-refractivity contribution in [1.82, 2.24) is 5.16 Å². The first-order valence-electron chi connectivity index (χ1n) is 5.20. The van der Waals surface area contributed by atoms with E-state index in [0.717, 1.165) is 11.3 Å². The van der Waals surface area contributed by atoms with Crippen molar-refractivity contribution in [2.24, 2.45) is 10.2 Å². The van der Waals surface area contributed by atoms with Gasteiger partial charge in [-0.25, -0.2) is 0 Å². The van der Waals surface area contributed by atoms with Crippen LogP contribution in [0.1, 0.15) is 11.3 Å². The molecule has 0 saturated carbocycles. The van der Waals surface area contributed by atoms with Crippen molar-refractivity contribution in [2.75, 3.05) is 7.11 Å². The van der Waals surface area contributed by atoms with Gasteiger partial charge in [0.15, 0.2) is 5.69 Å². The first-order valence-corrected chi connectivity index (χ1v) is 5.20. The molecular weight excluding hydrogens is 218 g/mol. The van der Waals surface area contributed by atoms with Crippen molar-refractivity contribution in [3.05, 3.63) is 35.5 Å². The van der Waals surface area contributed by atoms with Crippen molar-refractivity contribution in [2.45, 2.75) is 13.8 Å². The quantitative estimate of drug-likeness (QED) is 0.756. The van der Waals surface area contributed by atoms with Crippen molar-refractivity contribution >= 4 is 11.4 Å². The van der Waals surface area contributed by atoms with Gasteiger partial charge in [0.25, 0.3) is 0 Å². The molecule has 0 bridgehead atoms. The second kappa shape index (κ2) is 4.78.